The lowest BCUT2D eigenvalue weighted by molar-refractivity contribution is 0.0730. The third kappa shape index (κ3) is 3.62. The Morgan fingerprint density at radius 2 is 2.05 bits per heavy atom. The maximum absolute atomic E-state index is 12.5. The average Bonchev–Trinajstić information content (AvgIpc) is 2.79. The first-order valence-corrected chi connectivity index (χ1v) is 8.74. The van der Waals surface area contributed by atoms with Gasteiger partial charge in [-0.15, -0.1) is 0 Å². The van der Waals surface area contributed by atoms with Gasteiger partial charge in [-0.3, -0.25) is 0 Å². The average molecular weight is 367 g/mol. The van der Waals surface area contributed by atoms with Gasteiger partial charge in [-0.1, -0.05) is 13.8 Å². The summed E-state index contributed by atoms with van der Waals surface area (Å²) < 4.78 is 37.4. The molecule has 0 atom stereocenters. The Kier molecular flexibility index (Phi) is 5.25. The molecule has 1 saturated heterocycles. The van der Waals surface area contributed by atoms with Gasteiger partial charge in [0.1, 0.15) is 10.7 Å². The minimum Gasteiger partial charge on any atom is -0.452 e. The van der Waals surface area contributed by atoms with Gasteiger partial charge in [-0.25, -0.2) is 8.42 Å². The maximum atomic E-state index is 12.5. The van der Waals surface area contributed by atoms with Crippen molar-refractivity contribution in [2.24, 2.45) is 0 Å². The van der Waals surface area contributed by atoms with E-state index in [1.165, 1.54) is 4.31 Å². The fourth-order valence-electron chi connectivity index (χ4n) is 1.89. The van der Waals surface area contributed by atoms with E-state index in [0.717, 1.165) is 0 Å². The Balaban J connectivity index is 2.18. The number of sulfonamides is 1. The van der Waals surface area contributed by atoms with Crippen LogP contribution in [0.1, 0.15) is 19.6 Å². The van der Waals surface area contributed by atoms with E-state index in [-0.39, 0.29) is 9.56 Å². The van der Waals surface area contributed by atoms with Gasteiger partial charge in [0, 0.05) is 25.2 Å². The summed E-state index contributed by atoms with van der Waals surface area (Å²) in [6.07, 6.45) is 0. The molecule has 1 aromatic heterocycles. The van der Waals surface area contributed by atoms with Crippen molar-refractivity contribution >= 4 is 26.0 Å². The number of morpholine rings is 1. The molecule has 1 aliphatic rings. The molecule has 0 unspecified atom stereocenters. The smallest absolute Gasteiger partial charge is 0.247 e. The van der Waals surface area contributed by atoms with E-state index in [1.807, 2.05) is 13.8 Å². The number of rotatable bonds is 5. The van der Waals surface area contributed by atoms with E-state index in [1.54, 1.807) is 6.07 Å². The van der Waals surface area contributed by atoms with Crippen LogP contribution in [0.25, 0.3) is 0 Å². The SMILES string of the molecule is CC(C)NCc1cc(S(=O)(=O)N2CCOCC2)c(Br)o1. The van der Waals surface area contributed by atoms with Crippen LogP contribution in [0.3, 0.4) is 0 Å². The monoisotopic (exact) mass is 366 g/mol. The molecule has 2 heterocycles. The Bertz CT molecular complexity index is 550. The van der Waals surface area contributed by atoms with Crippen molar-refractivity contribution in [3.05, 3.63) is 16.5 Å². The van der Waals surface area contributed by atoms with Gasteiger partial charge in [-0.05, 0) is 15.9 Å². The zero-order valence-corrected chi connectivity index (χ0v) is 14.0. The van der Waals surface area contributed by atoms with E-state index in [4.69, 9.17) is 9.15 Å². The fraction of sp³-hybridized carbons (Fsp3) is 0.667. The lowest BCUT2D eigenvalue weighted by atomic mass is 10.3. The molecule has 1 aliphatic heterocycles. The summed E-state index contributed by atoms with van der Waals surface area (Å²) in [6.45, 7) is 6.13. The maximum Gasteiger partial charge on any atom is 0.247 e. The molecule has 2 rings (SSSR count). The van der Waals surface area contributed by atoms with Crippen molar-refractivity contribution in [2.75, 3.05) is 26.3 Å². The number of hydrogen-bond acceptors (Lipinski definition) is 5. The molecular weight excluding hydrogens is 348 g/mol. The summed E-state index contributed by atoms with van der Waals surface area (Å²) in [5.41, 5.74) is 0. The predicted molar refractivity (Wildman–Crippen MR) is 78.0 cm³/mol. The Labute approximate surface area is 127 Å². The van der Waals surface area contributed by atoms with Crippen LogP contribution in [0.5, 0.6) is 0 Å². The van der Waals surface area contributed by atoms with Crippen LogP contribution in [0.2, 0.25) is 0 Å². The van der Waals surface area contributed by atoms with E-state index < -0.39 is 10.0 Å². The highest BCUT2D eigenvalue weighted by Gasteiger charge is 2.30. The van der Waals surface area contributed by atoms with Crippen molar-refractivity contribution in [1.29, 1.82) is 0 Å². The van der Waals surface area contributed by atoms with Crippen molar-refractivity contribution < 1.29 is 17.6 Å². The van der Waals surface area contributed by atoms with E-state index >= 15 is 0 Å². The summed E-state index contributed by atoms with van der Waals surface area (Å²) in [5, 5.41) is 3.19. The van der Waals surface area contributed by atoms with E-state index in [2.05, 4.69) is 21.2 Å². The number of nitrogens with zero attached hydrogens (tertiary/aromatic N) is 1. The standard InChI is InChI=1S/C12H19BrN2O4S/c1-9(2)14-8-10-7-11(12(13)19-10)20(16,17)15-3-5-18-6-4-15/h7,9,14H,3-6,8H2,1-2H3. The van der Waals surface area contributed by atoms with Crippen LogP contribution in [-0.4, -0.2) is 45.1 Å². The van der Waals surface area contributed by atoms with Gasteiger partial charge in [0.05, 0.1) is 19.8 Å². The van der Waals surface area contributed by atoms with Crippen LogP contribution < -0.4 is 5.32 Å². The largest absolute Gasteiger partial charge is 0.452 e. The quantitative estimate of drug-likeness (QED) is 0.855. The van der Waals surface area contributed by atoms with Crippen LogP contribution in [-0.2, 0) is 21.3 Å². The fourth-order valence-corrected chi connectivity index (χ4v) is 4.26. The number of ether oxygens (including phenoxy) is 1. The molecule has 8 heteroatoms. The molecule has 0 bridgehead atoms. The molecule has 6 nitrogen and oxygen atoms in total. The second-order valence-electron chi connectivity index (χ2n) is 4.90. The molecule has 1 N–H and O–H groups in total. The van der Waals surface area contributed by atoms with Crippen molar-refractivity contribution in [2.45, 2.75) is 31.3 Å². The van der Waals surface area contributed by atoms with Gasteiger partial charge >= 0.3 is 0 Å². The van der Waals surface area contributed by atoms with Gasteiger partial charge in [0.15, 0.2) is 4.67 Å². The first kappa shape index (κ1) is 16.0. The number of hydrogen-bond donors (Lipinski definition) is 1. The second kappa shape index (κ2) is 6.57. The second-order valence-corrected chi connectivity index (χ2v) is 7.53. The zero-order valence-electron chi connectivity index (χ0n) is 11.6. The molecule has 0 radical (unpaired) electrons. The third-order valence-electron chi connectivity index (χ3n) is 2.98. The van der Waals surface area contributed by atoms with Gasteiger partial charge < -0.3 is 14.5 Å². The van der Waals surface area contributed by atoms with Gasteiger partial charge in [-0.2, -0.15) is 4.31 Å². The van der Waals surface area contributed by atoms with Crippen molar-refractivity contribution in [1.82, 2.24) is 9.62 Å². The van der Waals surface area contributed by atoms with Crippen molar-refractivity contribution in [3.8, 4) is 0 Å². The summed E-state index contributed by atoms with van der Waals surface area (Å²) in [4.78, 5) is 0.181. The molecule has 0 saturated carbocycles. The van der Waals surface area contributed by atoms with E-state index in [0.29, 0.717) is 44.7 Å². The molecule has 1 aromatic rings. The summed E-state index contributed by atoms with van der Waals surface area (Å²) in [6, 6.07) is 1.88. The van der Waals surface area contributed by atoms with Gasteiger partial charge in [0.2, 0.25) is 10.0 Å². The third-order valence-corrected chi connectivity index (χ3v) is 5.73. The zero-order chi connectivity index (χ0) is 14.8. The number of halogens is 1. The predicted octanol–water partition coefficient (Wildman–Crippen LogP) is 1.56. The minimum atomic E-state index is -3.53. The van der Waals surface area contributed by atoms with Crippen LogP contribution in [0.4, 0.5) is 0 Å². The highest BCUT2D eigenvalue weighted by Crippen LogP contribution is 2.29. The Morgan fingerprint density at radius 1 is 1.40 bits per heavy atom. The van der Waals surface area contributed by atoms with Crippen molar-refractivity contribution in [3.63, 3.8) is 0 Å². The molecular formula is C12H19BrN2O4S. The molecule has 0 aromatic carbocycles. The van der Waals surface area contributed by atoms with E-state index in [9.17, 15) is 8.42 Å². The van der Waals surface area contributed by atoms with Crippen LogP contribution >= 0.6 is 15.9 Å². The number of nitrogens with one attached hydrogen (secondary N) is 1. The molecule has 0 spiro atoms. The number of furan rings is 1. The lowest BCUT2D eigenvalue weighted by Gasteiger charge is -2.25. The summed E-state index contributed by atoms with van der Waals surface area (Å²) in [5.74, 6) is 0.595. The van der Waals surface area contributed by atoms with Gasteiger partial charge in [0.25, 0.3) is 0 Å². The highest BCUT2D eigenvalue weighted by molar-refractivity contribution is 9.10. The normalized spacial score (nSPS) is 17.8. The Hall–Kier alpha value is -0.410. The first-order chi connectivity index (χ1) is 9.41. The topological polar surface area (TPSA) is 71.8 Å². The molecule has 0 amide bonds. The van der Waals surface area contributed by atoms with Crippen LogP contribution in [0.15, 0.2) is 20.0 Å². The first-order valence-electron chi connectivity index (χ1n) is 6.50. The summed E-state index contributed by atoms with van der Waals surface area (Å²) >= 11 is 3.20. The molecule has 0 aliphatic carbocycles. The highest BCUT2D eigenvalue weighted by atomic mass is 79.9. The molecule has 20 heavy (non-hydrogen) atoms. The van der Waals surface area contributed by atoms with Crippen LogP contribution in [0, 0.1) is 0 Å². The summed E-state index contributed by atoms with van der Waals surface area (Å²) in [7, 11) is -3.53. The minimum absolute atomic E-state index is 0.181. The lowest BCUT2D eigenvalue weighted by Crippen LogP contribution is -2.40. The molecule has 1 fully saturated rings. The Morgan fingerprint density at radius 3 is 2.65 bits per heavy atom. The molecule has 114 valence electrons.